The predicted octanol–water partition coefficient (Wildman–Crippen LogP) is 2.53. The van der Waals surface area contributed by atoms with Gasteiger partial charge in [0.1, 0.15) is 6.04 Å². The van der Waals surface area contributed by atoms with Crippen LogP contribution in [-0.4, -0.2) is 29.8 Å². The first-order valence-electron chi connectivity index (χ1n) is 6.70. The van der Waals surface area contributed by atoms with Gasteiger partial charge < -0.3 is 10.2 Å². The number of amides is 2. The summed E-state index contributed by atoms with van der Waals surface area (Å²) >= 11 is 1.60. The number of hydrogen-bond donors (Lipinski definition) is 1. The molecule has 5 heteroatoms. The van der Waals surface area contributed by atoms with Crippen LogP contribution in [0.15, 0.2) is 47.2 Å². The third-order valence-corrected chi connectivity index (χ3v) is 3.86. The maximum absolute atomic E-state index is 12.3. The Balaban J connectivity index is 1.91. The lowest BCUT2D eigenvalue weighted by Gasteiger charge is -2.21. The second kappa shape index (κ2) is 7.04. The van der Waals surface area contributed by atoms with E-state index in [1.807, 2.05) is 22.9 Å². The maximum Gasteiger partial charge on any atom is 0.251 e. The Kier molecular flexibility index (Phi) is 5.11. The van der Waals surface area contributed by atoms with Gasteiger partial charge in [0.05, 0.1) is 0 Å². The summed E-state index contributed by atoms with van der Waals surface area (Å²) in [5.74, 6) is -0.342. The summed E-state index contributed by atoms with van der Waals surface area (Å²) < 4.78 is 0. The van der Waals surface area contributed by atoms with E-state index in [-0.39, 0.29) is 11.8 Å². The first-order valence-corrected chi connectivity index (χ1v) is 7.64. The Labute approximate surface area is 128 Å². The van der Waals surface area contributed by atoms with Gasteiger partial charge in [-0.3, -0.25) is 9.59 Å². The SMILES string of the molecule is CC(NC(=O)c1ccccc1)C(=O)N(C)Cc1ccsc1. The number of thiophene rings is 1. The fourth-order valence-electron chi connectivity index (χ4n) is 2.00. The zero-order chi connectivity index (χ0) is 15.2. The van der Waals surface area contributed by atoms with E-state index in [2.05, 4.69) is 5.32 Å². The molecule has 0 aliphatic rings. The summed E-state index contributed by atoms with van der Waals surface area (Å²) in [7, 11) is 1.74. The van der Waals surface area contributed by atoms with E-state index in [0.717, 1.165) is 5.56 Å². The van der Waals surface area contributed by atoms with Crippen molar-refractivity contribution in [3.05, 3.63) is 58.3 Å². The summed E-state index contributed by atoms with van der Waals surface area (Å²) in [5, 5.41) is 6.72. The van der Waals surface area contributed by atoms with Crippen LogP contribution >= 0.6 is 11.3 Å². The first-order chi connectivity index (χ1) is 10.1. The van der Waals surface area contributed by atoms with Gasteiger partial charge in [-0.1, -0.05) is 18.2 Å². The lowest BCUT2D eigenvalue weighted by atomic mass is 10.2. The highest BCUT2D eigenvalue weighted by Crippen LogP contribution is 2.09. The van der Waals surface area contributed by atoms with Crippen molar-refractivity contribution in [2.24, 2.45) is 0 Å². The molecule has 0 saturated heterocycles. The molecule has 2 amide bonds. The van der Waals surface area contributed by atoms with Crippen LogP contribution < -0.4 is 5.32 Å². The van der Waals surface area contributed by atoms with Crippen molar-refractivity contribution in [3.8, 4) is 0 Å². The number of carbonyl (C=O) groups excluding carboxylic acids is 2. The van der Waals surface area contributed by atoms with E-state index in [1.165, 1.54) is 0 Å². The topological polar surface area (TPSA) is 49.4 Å². The fourth-order valence-corrected chi connectivity index (χ4v) is 2.66. The van der Waals surface area contributed by atoms with Gasteiger partial charge in [-0.05, 0) is 41.4 Å². The van der Waals surface area contributed by atoms with Crippen molar-refractivity contribution >= 4 is 23.2 Å². The molecule has 0 aliphatic carbocycles. The van der Waals surface area contributed by atoms with Gasteiger partial charge in [0, 0.05) is 19.2 Å². The van der Waals surface area contributed by atoms with Crippen molar-refractivity contribution in [1.29, 1.82) is 0 Å². The molecule has 2 aromatic rings. The lowest BCUT2D eigenvalue weighted by molar-refractivity contribution is -0.132. The smallest absolute Gasteiger partial charge is 0.251 e. The quantitative estimate of drug-likeness (QED) is 0.922. The standard InChI is InChI=1S/C16H18N2O2S/c1-12(17-15(19)14-6-4-3-5-7-14)16(20)18(2)10-13-8-9-21-11-13/h3-9,11-12H,10H2,1-2H3,(H,17,19). The van der Waals surface area contributed by atoms with Crippen LogP contribution in [0.3, 0.4) is 0 Å². The second-order valence-corrected chi connectivity index (χ2v) is 5.67. The molecule has 0 fully saturated rings. The first kappa shape index (κ1) is 15.3. The van der Waals surface area contributed by atoms with Crippen molar-refractivity contribution < 1.29 is 9.59 Å². The number of rotatable bonds is 5. The molecule has 1 aromatic heterocycles. The lowest BCUT2D eigenvalue weighted by Crippen LogP contribution is -2.45. The minimum atomic E-state index is -0.554. The molecule has 0 spiro atoms. The highest BCUT2D eigenvalue weighted by molar-refractivity contribution is 7.07. The van der Waals surface area contributed by atoms with Crippen LogP contribution in [-0.2, 0) is 11.3 Å². The normalized spacial score (nSPS) is 11.7. The average molecular weight is 302 g/mol. The number of nitrogens with one attached hydrogen (secondary N) is 1. The molecule has 1 heterocycles. The van der Waals surface area contributed by atoms with Crippen molar-refractivity contribution in [1.82, 2.24) is 10.2 Å². The number of likely N-dealkylation sites (N-methyl/N-ethyl adjacent to an activating group) is 1. The van der Waals surface area contributed by atoms with Crippen LogP contribution in [0.1, 0.15) is 22.8 Å². The van der Waals surface area contributed by atoms with E-state index in [9.17, 15) is 9.59 Å². The minimum absolute atomic E-state index is 0.106. The Morgan fingerprint density at radius 2 is 1.95 bits per heavy atom. The molecule has 0 radical (unpaired) electrons. The number of nitrogens with zero attached hydrogens (tertiary/aromatic N) is 1. The van der Waals surface area contributed by atoms with Gasteiger partial charge in [0.15, 0.2) is 0 Å². The molecule has 1 atom stereocenters. The van der Waals surface area contributed by atoms with Crippen LogP contribution in [0.4, 0.5) is 0 Å². The minimum Gasteiger partial charge on any atom is -0.341 e. The Bertz CT molecular complexity index is 596. The van der Waals surface area contributed by atoms with Crippen LogP contribution in [0.2, 0.25) is 0 Å². The van der Waals surface area contributed by atoms with Crippen LogP contribution in [0, 0.1) is 0 Å². The zero-order valence-corrected chi connectivity index (χ0v) is 12.9. The van der Waals surface area contributed by atoms with Crippen molar-refractivity contribution in [2.75, 3.05) is 7.05 Å². The maximum atomic E-state index is 12.3. The Hall–Kier alpha value is -2.14. The summed E-state index contributed by atoms with van der Waals surface area (Å²) in [5.41, 5.74) is 1.65. The molecule has 1 N–H and O–H groups in total. The largest absolute Gasteiger partial charge is 0.341 e. The number of hydrogen-bond acceptors (Lipinski definition) is 3. The molecule has 0 saturated carbocycles. The van der Waals surface area contributed by atoms with Crippen molar-refractivity contribution in [3.63, 3.8) is 0 Å². The molecular weight excluding hydrogens is 284 g/mol. The zero-order valence-electron chi connectivity index (χ0n) is 12.1. The van der Waals surface area contributed by atoms with E-state index in [1.54, 1.807) is 54.5 Å². The van der Waals surface area contributed by atoms with E-state index in [4.69, 9.17) is 0 Å². The molecule has 4 nitrogen and oxygen atoms in total. The average Bonchev–Trinajstić information content (AvgIpc) is 3.00. The monoisotopic (exact) mass is 302 g/mol. The third kappa shape index (κ3) is 4.16. The Morgan fingerprint density at radius 1 is 1.24 bits per heavy atom. The molecule has 2 rings (SSSR count). The van der Waals surface area contributed by atoms with Gasteiger partial charge >= 0.3 is 0 Å². The molecular formula is C16H18N2O2S. The summed E-state index contributed by atoms with van der Waals surface area (Å²) in [4.78, 5) is 25.9. The number of benzene rings is 1. The van der Waals surface area contributed by atoms with Crippen LogP contribution in [0.5, 0.6) is 0 Å². The molecule has 1 aromatic carbocycles. The highest BCUT2D eigenvalue weighted by Gasteiger charge is 2.20. The van der Waals surface area contributed by atoms with Gasteiger partial charge in [0.2, 0.25) is 5.91 Å². The second-order valence-electron chi connectivity index (χ2n) is 4.89. The van der Waals surface area contributed by atoms with Gasteiger partial charge in [-0.2, -0.15) is 11.3 Å². The Morgan fingerprint density at radius 3 is 2.57 bits per heavy atom. The fraction of sp³-hybridized carbons (Fsp3) is 0.250. The molecule has 0 bridgehead atoms. The summed E-state index contributed by atoms with van der Waals surface area (Å²) in [6.45, 7) is 2.25. The van der Waals surface area contributed by atoms with Gasteiger partial charge in [-0.15, -0.1) is 0 Å². The van der Waals surface area contributed by atoms with Crippen molar-refractivity contribution in [2.45, 2.75) is 19.5 Å². The van der Waals surface area contributed by atoms with Crippen LogP contribution in [0.25, 0.3) is 0 Å². The van der Waals surface area contributed by atoms with E-state index < -0.39 is 6.04 Å². The molecule has 1 unspecified atom stereocenters. The summed E-state index contributed by atoms with van der Waals surface area (Å²) in [6.07, 6.45) is 0. The van der Waals surface area contributed by atoms with Gasteiger partial charge in [0.25, 0.3) is 5.91 Å². The predicted molar refractivity (Wildman–Crippen MR) is 84.2 cm³/mol. The summed E-state index contributed by atoms with van der Waals surface area (Å²) in [6, 6.07) is 10.3. The molecule has 0 aliphatic heterocycles. The third-order valence-electron chi connectivity index (χ3n) is 3.13. The molecule has 21 heavy (non-hydrogen) atoms. The van der Waals surface area contributed by atoms with E-state index in [0.29, 0.717) is 12.1 Å². The van der Waals surface area contributed by atoms with E-state index >= 15 is 0 Å². The van der Waals surface area contributed by atoms with Gasteiger partial charge in [-0.25, -0.2) is 0 Å². The number of carbonyl (C=O) groups is 2. The highest BCUT2D eigenvalue weighted by atomic mass is 32.1. The molecule has 110 valence electrons.